The van der Waals surface area contributed by atoms with Gasteiger partial charge in [0.1, 0.15) is 0 Å². The van der Waals surface area contributed by atoms with Gasteiger partial charge in [-0.05, 0) is 37.3 Å². The van der Waals surface area contributed by atoms with Gasteiger partial charge in [0.05, 0.1) is 16.0 Å². The predicted molar refractivity (Wildman–Crippen MR) is 80.7 cm³/mol. The van der Waals surface area contributed by atoms with E-state index in [2.05, 4.69) is 0 Å². The molecule has 0 aliphatic heterocycles. The Labute approximate surface area is 131 Å². The Kier molecular flexibility index (Phi) is 3.48. The van der Waals surface area contributed by atoms with E-state index >= 15 is 0 Å². The maximum atomic E-state index is 13.1. The average molecular weight is 339 g/mol. The zero-order valence-electron chi connectivity index (χ0n) is 12.0. The average Bonchev–Trinajstić information content (AvgIpc) is 2.83. The first-order valence-corrected chi connectivity index (χ1v) is 8.16. The standard InChI is InChI=1S/C16H12F3NO2S/c1-11-10-13-14(16(17,18)19)8-5-9-15(13)20(11)23(21,22)12-6-3-2-4-7-12/h2-10H,1H3. The number of aromatic nitrogens is 1. The van der Waals surface area contributed by atoms with Gasteiger partial charge in [-0.3, -0.25) is 0 Å². The van der Waals surface area contributed by atoms with Crippen LogP contribution in [0.2, 0.25) is 0 Å². The monoisotopic (exact) mass is 339 g/mol. The van der Waals surface area contributed by atoms with E-state index in [4.69, 9.17) is 0 Å². The summed E-state index contributed by atoms with van der Waals surface area (Å²) in [4.78, 5) is 0.0259. The van der Waals surface area contributed by atoms with Gasteiger partial charge < -0.3 is 0 Å². The topological polar surface area (TPSA) is 39.1 Å². The van der Waals surface area contributed by atoms with E-state index in [1.54, 1.807) is 18.2 Å². The second-order valence-electron chi connectivity index (χ2n) is 5.10. The summed E-state index contributed by atoms with van der Waals surface area (Å²) in [5.41, 5.74) is -0.609. The number of hydrogen-bond acceptors (Lipinski definition) is 2. The number of aryl methyl sites for hydroxylation is 1. The quantitative estimate of drug-likeness (QED) is 0.702. The summed E-state index contributed by atoms with van der Waals surface area (Å²) in [6, 6.07) is 12.4. The third-order valence-electron chi connectivity index (χ3n) is 3.56. The van der Waals surface area contributed by atoms with E-state index in [1.807, 2.05) is 0 Å². The molecule has 3 aromatic rings. The van der Waals surface area contributed by atoms with Crippen LogP contribution < -0.4 is 0 Å². The van der Waals surface area contributed by atoms with Gasteiger partial charge in [-0.15, -0.1) is 0 Å². The molecule has 0 N–H and O–H groups in total. The van der Waals surface area contributed by atoms with E-state index < -0.39 is 21.8 Å². The van der Waals surface area contributed by atoms with Crippen molar-refractivity contribution in [1.29, 1.82) is 0 Å². The molecule has 0 bridgehead atoms. The normalized spacial score (nSPS) is 12.7. The second kappa shape index (κ2) is 5.13. The SMILES string of the molecule is Cc1cc2c(C(F)(F)F)cccc2n1S(=O)(=O)c1ccccc1. The molecule has 7 heteroatoms. The van der Waals surface area contributed by atoms with Gasteiger partial charge in [0.15, 0.2) is 0 Å². The lowest BCUT2D eigenvalue weighted by Gasteiger charge is -2.11. The molecule has 23 heavy (non-hydrogen) atoms. The highest BCUT2D eigenvalue weighted by Crippen LogP contribution is 2.37. The number of halogens is 3. The molecule has 3 nitrogen and oxygen atoms in total. The van der Waals surface area contributed by atoms with Crippen LogP contribution in [0.25, 0.3) is 10.9 Å². The Morgan fingerprint density at radius 3 is 2.22 bits per heavy atom. The molecule has 2 aromatic carbocycles. The van der Waals surface area contributed by atoms with Gasteiger partial charge in [-0.2, -0.15) is 13.2 Å². The Bertz CT molecular complexity index is 974. The summed E-state index contributed by atoms with van der Waals surface area (Å²) < 4.78 is 65.9. The van der Waals surface area contributed by atoms with Crippen LogP contribution in [0, 0.1) is 6.92 Å². The van der Waals surface area contributed by atoms with Crippen molar-refractivity contribution in [3.05, 3.63) is 65.9 Å². The van der Waals surface area contributed by atoms with E-state index in [0.717, 1.165) is 10.0 Å². The van der Waals surface area contributed by atoms with Gasteiger partial charge in [0, 0.05) is 11.1 Å². The number of fused-ring (bicyclic) bond motifs is 1. The van der Waals surface area contributed by atoms with E-state index in [9.17, 15) is 21.6 Å². The third-order valence-corrected chi connectivity index (χ3v) is 5.40. The van der Waals surface area contributed by atoms with Crippen LogP contribution in [0.4, 0.5) is 13.2 Å². The first kappa shape index (κ1) is 15.6. The molecule has 0 aliphatic carbocycles. The molecule has 0 amide bonds. The summed E-state index contributed by atoms with van der Waals surface area (Å²) in [7, 11) is -3.97. The highest BCUT2D eigenvalue weighted by molar-refractivity contribution is 7.90. The first-order valence-electron chi connectivity index (χ1n) is 6.72. The molecule has 1 aromatic heterocycles. The predicted octanol–water partition coefficient (Wildman–Crippen LogP) is 4.21. The summed E-state index contributed by atoms with van der Waals surface area (Å²) in [6.07, 6.45) is -4.55. The van der Waals surface area contributed by atoms with Crippen molar-refractivity contribution in [3.8, 4) is 0 Å². The van der Waals surface area contributed by atoms with Gasteiger partial charge in [-0.25, -0.2) is 12.4 Å². The summed E-state index contributed by atoms with van der Waals surface area (Å²) in [5, 5.41) is -0.128. The minimum atomic E-state index is -4.55. The maximum Gasteiger partial charge on any atom is 0.417 e. The molecule has 0 fully saturated rings. The van der Waals surface area contributed by atoms with Crippen LogP contribution in [0.5, 0.6) is 0 Å². The molecular formula is C16H12F3NO2S. The van der Waals surface area contributed by atoms with E-state index in [-0.39, 0.29) is 21.5 Å². The molecule has 0 spiro atoms. The van der Waals surface area contributed by atoms with Crippen LogP contribution in [0.1, 0.15) is 11.3 Å². The summed E-state index contributed by atoms with van der Waals surface area (Å²) in [6.45, 7) is 1.47. The van der Waals surface area contributed by atoms with Crippen LogP contribution >= 0.6 is 0 Å². The minimum absolute atomic E-state index is 0.0150. The molecule has 0 unspecified atom stereocenters. The molecule has 0 radical (unpaired) electrons. The van der Waals surface area contributed by atoms with Crippen molar-refractivity contribution in [2.24, 2.45) is 0 Å². The molecule has 0 atom stereocenters. The first-order chi connectivity index (χ1) is 10.7. The lowest BCUT2D eigenvalue weighted by Crippen LogP contribution is -2.14. The molecule has 3 rings (SSSR count). The molecule has 0 saturated carbocycles. The largest absolute Gasteiger partial charge is 0.417 e. The molecule has 0 saturated heterocycles. The lowest BCUT2D eigenvalue weighted by atomic mass is 10.1. The summed E-state index contributed by atoms with van der Waals surface area (Å²) in [5.74, 6) is 0. The smallest absolute Gasteiger partial charge is 0.238 e. The fourth-order valence-electron chi connectivity index (χ4n) is 2.60. The van der Waals surface area contributed by atoms with Crippen molar-refractivity contribution in [2.75, 3.05) is 0 Å². The molecule has 1 heterocycles. The number of nitrogens with zero attached hydrogens (tertiary/aromatic N) is 1. The van der Waals surface area contributed by atoms with Gasteiger partial charge in [-0.1, -0.05) is 24.3 Å². The van der Waals surface area contributed by atoms with Gasteiger partial charge in [0.2, 0.25) is 0 Å². The van der Waals surface area contributed by atoms with Crippen LogP contribution in [-0.2, 0) is 16.2 Å². The highest BCUT2D eigenvalue weighted by Gasteiger charge is 2.34. The lowest BCUT2D eigenvalue weighted by molar-refractivity contribution is -0.136. The van der Waals surface area contributed by atoms with Crippen molar-refractivity contribution >= 4 is 20.9 Å². The van der Waals surface area contributed by atoms with Crippen LogP contribution in [-0.4, -0.2) is 12.4 Å². The van der Waals surface area contributed by atoms with E-state index in [0.29, 0.717) is 0 Å². The van der Waals surface area contributed by atoms with Crippen molar-refractivity contribution in [1.82, 2.24) is 3.97 Å². The highest BCUT2D eigenvalue weighted by atomic mass is 32.2. The van der Waals surface area contributed by atoms with Crippen LogP contribution in [0.3, 0.4) is 0 Å². The maximum absolute atomic E-state index is 13.1. The van der Waals surface area contributed by atoms with E-state index in [1.165, 1.54) is 37.3 Å². The van der Waals surface area contributed by atoms with Crippen molar-refractivity contribution in [3.63, 3.8) is 0 Å². The van der Waals surface area contributed by atoms with Crippen molar-refractivity contribution < 1.29 is 21.6 Å². The third kappa shape index (κ3) is 2.50. The Balaban J connectivity index is 2.34. The Morgan fingerprint density at radius 1 is 0.957 bits per heavy atom. The van der Waals surface area contributed by atoms with Crippen LogP contribution in [0.15, 0.2) is 59.5 Å². The summed E-state index contributed by atoms with van der Waals surface area (Å²) >= 11 is 0. The minimum Gasteiger partial charge on any atom is -0.238 e. The molecular weight excluding hydrogens is 327 g/mol. The number of hydrogen-bond donors (Lipinski definition) is 0. The fourth-order valence-corrected chi connectivity index (χ4v) is 4.17. The Hall–Kier alpha value is -2.28. The van der Waals surface area contributed by atoms with Gasteiger partial charge in [0.25, 0.3) is 10.0 Å². The number of rotatable bonds is 2. The number of alkyl halides is 3. The molecule has 120 valence electrons. The van der Waals surface area contributed by atoms with Gasteiger partial charge >= 0.3 is 6.18 Å². The fraction of sp³-hybridized carbons (Fsp3) is 0.125. The Morgan fingerprint density at radius 2 is 1.61 bits per heavy atom. The number of benzene rings is 2. The second-order valence-corrected chi connectivity index (χ2v) is 6.89. The zero-order valence-corrected chi connectivity index (χ0v) is 12.8. The zero-order chi connectivity index (χ0) is 16.8. The van der Waals surface area contributed by atoms with Crippen molar-refractivity contribution in [2.45, 2.75) is 18.0 Å². The molecule has 0 aliphatic rings.